The summed E-state index contributed by atoms with van der Waals surface area (Å²) >= 11 is 0. The van der Waals surface area contributed by atoms with Gasteiger partial charge in [-0.15, -0.1) is 0 Å². The van der Waals surface area contributed by atoms with Crippen molar-refractivity contribution in [1.29, 1.82) is 0 Å². The average molecular weight is 269 g/mol. The molecule has 0 aromatic rings. The topological polar surface area (TPSA) is 52.6 Å². The third-order valence-corrected chi connectivity index (χ3v) is 5.98. The van der Waals surface area contributed by atoms with Gasteiger partial charge in [-0.1, -0.05) is 0 Å². The molecule has 1 heterocycles. The van der Waals surface area contributed by atoms with Gasteiger partial charge in [-0.05, 0) is 32.1 Å². The molecule has 6 heteroatoms. The maximum Gasteiger partial charge on any atom is 0.238 e. The lowest BCUT2D eigenvalue weighted by molar-refractivity contribution is 0.0160. The summed E-state index contributed by atoms with van der Waals surface area (Å²) < 4.78 is 32.7. The summed E-state index contributed by atoms with van der Waals surface area (Å²) in [5, 5.41) is 0. The van der Waals surface area contributed by atoms with Crippen LogP contribution in [0.4, 0.5) is 0 Å². The van der Waals surface area contributed by atoms with E-state index in [1.54, 1.807) is 0 Å². The van der Waals surface area contributed by atoms with Crippen molar-refractivity contribution in [2.45, 2.75) is 43.0 Å². The fourth-order valence-corrected chi connectivity index (χ4v) is 3.62. The van der Waals surface area contributed by atoms with Gasteiger partial charge < -0.3 is 9.47 Å². The summed E-state index contributed by atoms with van der Waals surface area (Å²) in [5.41, 5.74) is 0. The van der Waals surface area contributed by atoms with Gasteiger partial charge >= 0.3 is 0 Å². The Labute approximate surface area is 101 Å². The van der Waals surface area contributed by atoms with Crippen molar-refractivity contribution in [2.75, 3.05) is 19.8 Å². The van der Waals surface area contributed by atoms with Crippen LogP contribution in [0.3, 0.4) is 0 Å². The molecule has 2 rings (SSSR count). The highest BCUT2D eigenvalue weighted by Gasteiger charge is 2.53. The molecule has 0 radical (unpaired) electrons. The molecular weight excluding hydrogens is 252 g/mol. The largest absolute Gasteiger partial charge is 0.379 e. The van der Waals surface area contributed by atoms with Crippen LogP contribution in [0.1, 0.15) is 32.1 Å². The molecular formula is C10H17ClO4S. The molecule has 1 unspecified atom stereocenters. The first kappa shape index (κ1) is 12.6. The second-order valence-corrected chi connectivity index (χ2v) is 7.54. The Hall–Kier alpha value is 0.160. The van der Waals surface area contributed by atoms with E-state index in [1.165, 1.54) is 0 Å². The minimum Gasteiger partial charge on any atom is -0.379 e. The van der Waals surface area contributed by atoms with Gasteiger partial charge in [0.15, 0.2) is 0 Å². The van der Waals surface area contributed by atoms with Crippen molar-refractivity contribution in [3.05, 3.63) is 0 Å². The van der Waals surface area contributed by atoms with Crippen molar-refractivity contribution in [3.63, 3.8) is 0 Å². The van der Waals surface area contributed by atoms with Crippen LogP contribution in [0.15, 0.2) is 0 Å². The van der Waals surface area contributed by atoms with Crippen molar-refractivity contribution < 1.29 is 17.9 Å². The van der Waals surface area contributed by atoms with Crippen molar-refractivity contribution in [1.82, 2.24) is 0 Å². The normalized spacial score (nSPS) is 28.2. The van der Waals surface area contributed by atoms with Gasteiger partial charge in [0.25, 0.3) is 0 Å². The van der Waals surface area contributed by atoms with Crippen LogP contribution in [-0.4, -0.2) is 39.1 Å². The van der Waals surface area contributed by atoms with Crippen molar-refractivity contribution in [2.24, 2.45) is 0 Å². The molecule has 1 atom stereocenters. The SMILES string of the molecule is O=S(=O)(Cl)C1(CCOCC2CCCO2)CC1. The Kier molecular flexibility index (Phi) is 3.79. The zero-order valence-corrected chi connectivity index (χ0v) is 10.7. The summed E-state index contributed by atoms with van der Waals surface area (Å²) in [6, 6.07) is 0. The van der Waals surface area contributed by atoms with Gasteiger partial charge in [0.05, 0.1) is 17.5 Å². The van der Waals surface area contributed by atoms with E-state index in [0.29, 0.717) is 32.5 Å². The predicted molar refractivity (Wildman–Crippen MR) is 61.1 cm³/mol. The van der Waals surface area contributed by atoms with Crippen LogP contribution in [0.2, 0.25) is 0 Å². The van der Waals surface area contributed by atoms with E-state index in [1.807, 2.05) is 0 Å². The Morgan fingerprint density at radius 2 is 2.19 bits per heavy atom. The Morgan fingerprint density at radius 3 is 2.69 bits per heavy atom. The molecule has 0 N–H and O–H groups in total. The fraction of sp³-hybridized carbons (Fsp3) is 1.00. The Morgan fingerprint density at radius 1 is 1.44 bits per heavy atom. The Bertz CT molecular complexity index is 331. The van der Waals surface area contributed by atoms with E-state index in [4.69, 9.17) is 20.2 Å². The standard InChI is InChI=1S/C10H17ClO4S/c11-16(12,13)10(3-4-10)5-7-14-8-9-2-1-6-15-9/h9H,1-8H2. The highest BCUT2D eigenvalue weighted by Crippen LogP contribution is 2.48. The maximum atomic E-state index is 11.3. The third-order valence-electron chi connectivity index (χ3n) is 3.35. The van der Waals surface area contributed by atoms with Crippen molar-refractivity contribution in [3.8, 4) is 0 Å². The van der Waals surface area contributed by atoms with Gasteiger partial charge in [-0.25, -0.2) is 8.42 Å². The molecule has 1 aliphatic carbocycles. The van der Waals surface area contributed by atoms with E-state index in [-0.39, 0.29) is 6.10 Å². The van der Waals surface area contributed by atoms with Crippen LogP contribution in [0.25, 0.3) is 0 Å². The average Bonchev–Trinajstić information content (AvgIpc) is 2.83. The second-order valence-electron chi connectivity index (χ2n) is 4.58. The first-order valence-electron chi connectivity index (χ1n) is 5.67. The first-order chi connectivity index (χ1) is 7.54. The number of rotatable bonds is 6. The number of hydrogen-bond acceptors (Lipinski definition) is 4. The molecule has 0 spiro atoms. The number of hydrogen-bond donors (Lipinski definition) is 0. The lowest BCUT2D eigenvalue weighted by Crippen LogP contribution is -2.22. The van der Waals surface area contributed by atoms with Crippen LogP contribution in [-0.2, 0) is 18.5 Å². The lowest BCUT2D eigenvalue weighted by Gasteiger charge is -2.13. The van der Waals surface area contributed by atoms with E-state index in [2.05, 4.69) is 0 Å². The molecule has 2 aliphatic rings. The molecule has 0 aromatic carbocycles. The number of halogens is 1. The minimum atomic E-state index is -3.43. The molecule has 1 saturated carbocycles. The fourth-order valence-electron chi connectivity index (χ4n) is 2.00. The molecule has 0 amide bonds. The van der Waals surface area contributed by atoms with E-state index in [9.17, 15) is 8.42 Å². The quantitative estimate of drug-likeness (QED) is 0.543. The summed E-state index contributed by atoms with van der Waals surface area (Å²) in [6.07, 6.45) is 4.17. The molecule has 2 fully saturated rings. The smallest absolute Gasteiger partial charge is 0.238 e. The van der Waals surface area contributed by atoms with E-state index in [0.717, 1.165) is 19.4 Å². The van der Waals surface area contributed by atoms with E-state index >= 15 is 0 Å². The second kappa shape index (κ2) is 4.80. The third kappa shape index (κ3) is 2.88. The molecule has 1 saturated heterocycles. The number of ether oxygens (including phenoxy) is 2. The molecule has 1 aliphatic heterocycles. The van der Waals surface area contributed by atoms with Crippen molar-refractivity contribution >= 4 is 19.7 Å². The zero-order valence-electron chi connectivity index (χ0n) is 9.15. The van der Waals surface area contributed by atoms with Gasteiger partial charge in [-0.2, -0.15) is 0 Å². The van der Waals surface area contributed by atoms with E-state index < -0.39 is 13.8 Å². The van der Waals surface area contributed by atoms with Crippen LogP contribution in [0, 0.1) is 0 Å². The van der Waals surface area contributed by atoms with Gasteiger partial charge in [0.2, 0.25) is 9.05 Å². The molecule has 0 aromatic heterocycles. The van der Waals surface area contributed by atoms with Gasteiger partial charge in [-0.3, -0.25) is 0 Å². The summed E-state index contributed by atoms with van der Waals surface area (Å²) in [6.45, 7) is 1.83. The molecule has 4 nitrogen and oxygen atoms in total. The lowest BCUT2D eigenvalue weighted by atomic mass is 10.2. The van der Waals surface area contributed by atoms with Crippen LogP contribution < -0.4 is 0 Å². The van der Waals surface area contributed by atoms with Gasteiger partial charge in [0, 0.05) is 23.9 Å². The highest BCUT2D eigenvalue weighted by atomic mass is 35.7. The monoisotopic (exact) mass is 268 g/mol. The van der Waals surface area contributed by atoms with Crippen LogP contribution in [0.5, 0.6) is 0 Å². The molecule has 0 bridgehead atoms. The predicted octanol–water partition coefficient (Wildman–Crippen LogP) is 1.67. The molecule has 94 valence electrons. The first-order valence-corrected chi connectivity index (χ1v) is 7.98. The summed E-state index contributed by atoms with van der Waals surface area (Å²) in [4.78, 5) is 0. The highest BCUT2D eigenvalue weighted by molar-refractivity contribution is 8.15. The summed E-state index contributed by atoms with van der Waals surface area (Å²) in [5.74, 6) is 0. The molecule has 16 heavy (non-hydrogen) atoms. The minimum absolute atomic E-state index is 0.197. The maximum absolute atomic E-state index is 11.3. The Balaban J connectivity index is 1.65. The summed E-state index contributed by atoms with van der Waals surface area (Å²) in [7, 11) is 1.96. The zero-order chi connectivity index (χ0) is 11.6. The van der Waals surface area contributed by atoms with Gasteiger partial charge in [0.1, 0.15) is 0 Å². The van der Waals surface area contributed by atoms with Crippen LogP contribution >= 0.6 is 10.7 Å².